The quantitative estimate of drug-likeness (QED) is 0.439. The number of para-hydroxylation sites is 1. The highest BCUT2D eigenvalue weighted by molar-refractivity contribution is 5.94. The Balaban J connectivity index is 1.97. The van der Waals surface area contributed by atoms with Gasteiger partial charge in [-0.25, -0.2) is 0 Å². The van der Waals surface area contributed by atoms with Gasteiger partial charge in [-0.3, -0.25) is 14.9 Å². The highest BCUT2D eigenvalue weighted by atomic mass is 16.6. The third kappa shape index (κ3) is 5.13. The van der Waals surface area contributed by atoms with E-state index in [1.165, 1.54) is 18.3 Å². The second-order valence-corrected chi connectivity index (χ2v) is 5.55. The lowest BCUT2D eigenvalue weighted by Gasteiger charge is -2.26. The molecule has 0 radical (unpaired) electrons. The average molecular weight is 341 g/mol. The molecule has 0 unspecified atom stereocenters. The Morgan fingerprint density at radius 2 is 1.96 bits per heavy atom. The highest BCUT2D eigenvalue weighted by Gasteiger charge is 2.19. The first kappa shape index (κ1) is 18.1. The van der Waals surface area contributed by atoms with E-state index in [1.54, 1.807) is 17.0 Å². The number of carbonyl (C=O) groups is 1. The van der Waals surface area contributed by atoms with Gasteiger partial charge in [0.25, 0.3) is 11.6 Å². The molecule has 0 bridgehead atoms. The number of hydrogen-bond acceptors (Lipinski definition) is 5. The fraction of sp³-hybridized carbons (Fsp3) is 0.222. The van der Waals surface area contributed by atoms with E-state index < -0.39 is 4.92 Å². The smallest absolute Gasteiger partial charge is 0.270 e. The van der Waals surface area contributed by atoms with Crippen LogP contribution in [0, 0.1) is 10.1 Å². The van der Waals surface area contributed by atoms with Crippen molar-refractivity contribution in [1.82, 2.24) is 0 Å². The molecule has 0 heterocycles. The Labute approximate surface area is 145 Å². The number of rotatable bonds is 7. The Hall–Kier alpha value is -3.22. The fourth-order valence-corrected chi connectivity index (χ4v) is 2.30. The predicted octanol–water partition coefficient (Wildman–Crippen LogP) is 3.39. The van der Waals surface area contributed by atoms with Crippen molar-refractivity contribution in [2.75, 3.05) is 11.5 Å². The van der Waals surface area contributed by atoms with Crippen molar-refractivity contribution in [3.05, 3.63) is 70.3 Å². The Morgan fingerprint density at radius 1 is 1.24 bits per heavy atom. The molecule has 2 aromatic rings. The molecule has 0 aliphatic carbocycles. The second-order valence-electron chi connectivity index (χ2n) is 5.55. The number of nitro groups is 1. The average Bonchev–Trinajstić information content (AvgIpc) is 2.60. The van der Waals surface area contributed by atoms with Crippen LogP contribution in [0.4, 0.5) is 11.4 Å². The van der Waals surface area contributed by atoms with Crippen LogP contribution in [0.25, 0.3) is 0 Å². The number of carbonyl (C=O) groups excluding carboxylic acids is 1. The molecule has 0 aromatic heterocycles. The van der Waals surface area contributed by atoms with Gasteiger partial charge in [0.15, 0.2) is 6.61 Å². The van der Waals surface area contributed by atoms with Crippen LogP contribution in [0.1, 0.15) is 19.4 Å². The minimum absolute atomic E-state index is 0.0285. The van der Waals surface area contributed by atoms with E-state index in [4.69, 9.17) is 4.84 Å². The summed E-state index contributed by atoms with van der Waals surface area (Å²) in [5.41, 5.74) is 1.27. The zero-order chi connectivity index (χ0) is 18.2. The van der Waals surface area contributed by atoms with Crippen molar-refractivity contribution in [3.8, 4) is 0 Å². The van der Waals surface area contributed by atoms with Gasteiger partial charge in [-0.15, -0.1) is 0 Å². The standard InChI is InChI=1S/C18H19N3O4/c1-14(2)20(16-8-4-3-5-9-16)18(22)13-25-19-12-15-7-6-10-17(11-15)21(23)24/h3-12,14H,13H2,1-2H3. The summed E-state index contributed by atoms with van der Waals surface area (Å²) >= 11 is 0. The van der Waals surface area contributed by atoms with Gasteiger partial charge in [0, 0.05) is 29.4 Å². The third-order valence-electron chi connectivity index (χ3n) is 3.36. The molecule has 1 amide bonds. The van der Waals surface area contributed by atoms with Crippen LogP contribution in [0.5, 0.6) is 0 Å². The number of nitrogens with zero attached hydrogens (tertiary/aromatic N) is 3. The molecule has 7 heteroatoms. The normalized spacial score (nSPS) is 10.8. The number of anilines is 1. The highest BCUT2D eigenvalue weighted by Crippen LogP contribution is 2.16. The van der Waals surface area contributed by atoms with Crippen molar-refractivity contribution in [2.45, 2.75) is 19.9 Å². The van der Waals surface area contributed by atoms with Crippen molar-refractivity contribution >= 4 is 23.5 Å². The zero-order valence-corrected chi connectivity index (χ0v) is 14.0. The number of amides is 1. The summed E-state index contributed by atoms with van der Waals surface area (Å²) in [6, 6.07) is 15.3. The molecule has 0 N–H and O–H groups in total. The maximum absolute atomic E-state index is 12.4. The summed E-state index contributed by atoms with van der Waals surface area (Å²) in [6.45, 7) is 3.60. The minimum atomic E-state index is -0.484. The number of non-ortho nitro benzene ring substituents is 1. The molecule has 0 atom stereocenters. The maximum atomic E-state index is 12.4. The first-order chi connectivity index (χ1) is 12.0. The van der Waals surface area contributed by atoms with E-state index in [1.807, 2.05) is 44.2 Å². The predicted molar refractivity (Wildman–Crippen MR) is 95.7 cm³/mol. The summed E-state index contributed by atoms with van der Waals surface area (Å²) in [6.07, 6.45) is 1.34. The number of nitro benzene ring substituents is 1. The summed E-state index contributed by atoms with van der Waals surface area (Å²) in [5, 5.41) is 14.4. The monoisotopic (exact) mass is 341 g/mol. The molecule has 0 spiro atoms. The lowest BCUT2D eigenvalue weighted by atomic mass is 10.2. The number of hydrogen-bond donors (Lipinski definition) is 0. The van der Waals surface area contributed by atoms with Crippen LogP contribution in [-0.2, 0) is 9.63 Å². The minimum Gasteiger partial charge on any atom is -0.386 e. The van der Waals surface area contributed by atoms with Crippen molar-refractivity contribution < 1.29 is 14.6 Å². The molecule has 0 saturated carbocycles. The third-order valence-corrected chi connectivity index (χ3v) is 3.36. The van der Waals surface area contributed by atoms with Crippen LogP contribution in [0.2, 0.25) is 0 Å². The lowest BCUT2D eigenvalue weighted by Crippen LogP contribution is -2.39. The van der Waals surface area contributed by atoms with Gasteiger partial charge in [-0.1, -0.05) is 35.5 Å². The van der Waals surface area contributed by atoms with Gasteiger partial charge in [-0.05, 0) is 26.0 Å². The molecule has 2 aromatic carbocycles. The van der Waals surface area contributed by atoms with Gasteiger partial charge in [-0.2, -0.15) is 0 Å². The van der Waals surface area contributed by atoms with Gasteiger partial charge in [0.2, 0.25) is 0 Å². The van der Waals surface area contributed by atoms with E-state index in [-0.39, 0.29) is 24.2 Å². The molecule has 0 aliphatic heterocycles. The Bertz CT molecular complexity index is 760. The van der Waals surface area contributed by atoms with E-state index in [9.17, 15) is 14.9 Å². The topological polar surface area (TPSA) is 85.0 Å². The van der Waals surface area contributed by atoms with E-state index in [0.717, 1.165) is 5.69 Å². The van der Waals surface area contributed by atoms with Crippen LogP contribution in [-0.4, -0.2) is 29.7 Å². The first-order valence-electron chi connectivity index (χ1n) is 7.76. The molecule has 25 heavy (non-hydrogen) atoms. The van der Waals surface area contributed by atoms with E-state index in [2.05, 4.69) is 5.16 Å². The molecule has 2 rings (SSSR count). The molecule has 0 aliphatic rings. The van der Waals surface area contributed by atoms with Crippen molar-refractivity contribution in [2.24, 2.45) is 5.16 Å². The van der Waals surface area contributed by atoms with Crippen LogP contribution < -0.4 is 4.90 Å². The molecular weight excluding hydrogens is 322 g/mol. The van der Waals surface area contributed by atoms with E-state index >= 15 is 0 Å². The van der Waals surface area contributed by atoms with Crippen LogP contribution in [0.3, 0.4) is 0 Å². The first-order valence-corrected chi connectivity index (χ1v) is 7.76. The summed E-state index contributed by atoms with van der Waals surface area (Å²) in [5.74, 6) is -0.225. The van der Waals surface area contributed by atoms with Crippen LogP contribution in [0.15, 0.2) is 59.8 Å². The number of oxime groups is 1. The lowest BCUT2D eigenvalue weighted by molar-refractivity contribution is -0.384. The second kappa shape index (κ2) is 8.58. The van der Waals surface area contributed by atoms with Gasteiger partial charge in [0.1, 0.15) is 0 Å². The Kier molecular flexibility index (Phi) is 6.22. The summed E-state index contributed by atoms with van der Waals surface area (Å²) < 4.78 is 0. The van der Waals surface area contributed by atoms with Crippen molar-refractivity contribution in [1.29, 1.82) is 0 Å². The van der Waals surface area contributed by atoms with Crippen LogP contribution >= 0.6 is 0 Å². The summed E-state index contributed by atoms with van der Waals surface area (Å²) in [4.78, 5) is 29.3. The van der Waals surface area contributed by atoms with E-state index in [0.29, 0.717) is 5.56 Å². The summed E-state index contributed by atoms with van der Waals surface area (Å²) in [7, 11) is 0. The van der Waals surface area contributed by atoms with Gasteiger partial charge >= 0.3 is 0 Å². The molecule has 7 nitrogen and oxygen atoms in total. The molecule has 130 valence electrons. The largest absolute Gasteiger partial charge is 0.386 e. The molecule has 0 saturated heterocycles. The molecular formula is C18H19N3O4. The Morgan fingerprint density at radius 3 is 2.60 bits per heavy atom. The zero-order valence-electron chi connectivity index (χ0n) is 14.0. The van der Waals surface area contributed by atoms with Crippen molar-refractivity contribution in [3.63, 3.8) is 0 Å². The number of benzene rings is 2. The fourth-order valence-electron chi connectivity index (χ4n) is 2.30. The molecule has 0 fully saturated rings. The van der Waals surface area contributed by atoms with Gasteiger partial charge < -0.3 is 9.74 Å². The SMILES string of the molecule is CC(C)N(C(=O)CON=Cc1cccc([N+](=O)[O-])c1)c1ccccc1. The maximum Gasteiger partial charge on any atom is 0.270 e. The van der Waals surface area contributed by atoms with Gasteiger partial charge in [0.05, 0.1) is 11.1 Å².